The van der Waals surface area contributed by atoms with Crippen LogP contribution in [0.2, 0.25) is 0 Å². The van der Waals surface area contributed by atoms with Crippen LogP contribution in [0.5, 0.6) is 0 Å². The maximum absolute atomic E-state index is 9.76. The van der Waals surface area contributed by atoms with Crippen LogP contribution in [-0.4, -0.2) is 15.0 Å². The van der Waals surface area contributed by atoms with Gasteiger partial charge in [-0.25, -0.2) is 15.0 Å². The van der Waals surface area contributed by atoms with Crippen molar-refractivity contribution in [3.63, 3.8) is 0 Å². The number of hydrogen-bond donors (Lipinski definition) is 0. The summed E-state index contributed by atoms with van der Waals surface area (Å²) in [6.45, 7) is 4.56. The fourth-order valence-corrected chi connectivity index (χ4v) is 7.63. The molecule has 0 aliphatic heterocycles. The normalized spacial score (nSPS) is 12.6. The summed E-state index contributed by atoms with van der Waals surface area (Å²) in [5.41, 5.74) is 12.7. The minimum Gasteiger partial charge on any atom is -0.208 e. The molecule has 0 saturated heterocycles. The van der Waals surface area contributed by atoms with Crippen LogP contribution in [0.1, 0.15) is 30.5 Å². The molecule has 0 saturated carbocycles. The van der Waals surface area contributed by atoms with Crippen LogP contribution in [0.15, 0.2) is 158 Å². The van der Waals surface area contributed by atoms with Gasteiger partial charge in [0.25, 0.3) is 0 Å². The van der Waals surface area contributed by atoms with Crippen LogP contribution in [0, 0.1) is 11.3 Å². The van der Waals surface area contributed by atoms with E-state index in [1.54, 1.807) is 0 Å². The SMILES string of the molecule is CC1(C)c2cc(C#N)ccc2-c2c(-c3cccc(-c4cccc(-c5nc(-c6ccccc6)nc(-c6ccccc6)n5)c4)c3)cc3ccccc3c21. The van der Waals surface area contributed by atoms with Gasteiger partial charge in [0.05, 0.1) is 11.6 Å². The van der Waals surface area contributed by atoms with Gasteiger partial charge >= 0.3 is 0 Å². The predicted molar refractivity (Wildman–Crippen MR) is 207 cm³/mol. The third-order valence-electron chi connectivity index (χ3n) is 10.1. The molecule has 1 aliphatic carbocycles. The van der Waals surface area contributed by atoms with Crippen molar-refractivity contribution in [2.75, 3.05) is 0 Å². The molecule has 4 heteroatoms. The first-order valence-electron chi connectivity index (χ1n) is 17.2. The predicted octanol–water partition coefficient (Wildman–Crippen LogP) is 11.5. The van der Waals surface area contributed by atoms with Crippen molar-refractivity contribution < 1.29 is 0 Å². The molecule has 0 unspecified atom stereocenters. The second-order valence-electron chi connectivity index (χ2n) is 13.6. The second-order valence-corrected chi connectivity index (χ2v) is 13.6. The summed E-state index contributed by atoms with van der Waals surface area (Å²) < 4.78 is 0. The average molecular weight is 653 g/mol. The van der Waals surface area contributed by atoms with Crippen LogP contribution >= 0.6 is 0 Å². The first-order chi connectivity index (χ1) is 25.0. The second kappa shape index (κ2) is 12.0. The Morgan fingerprint density at radius 1 is 0.471 bits per heavy atom. The Bertz CT molecular complexity index is 2610. The molecule has 1 aliphatic rings. The van der Waals surface area contributed by atoms with Crippen molar-refractivity contribution in [2.45, 2.75) is 19.3 Å². The highest BCUT2D eigenvalue weighted by atomic mass is 15.0. The molecule has 1 heterocycles. The molecule has 4 nitrogen and oxygen atoms in total. The molecule has 0 fully saturated rings. The van der Waals surface area contributed by atoms with Gasteiger partial charge < -0.3 is 0 Å². The third kappa shape index (κ3) is 5.19. The van der Waals surface area contributed by atoms with Gasteiger partial charge in [-0.2, -0.15) is 5.26 Å². The molecule has 0 N–H and O–H groups in total. The van der Waals surface area contributed by atoms with E-state index in [9.17, 15) is 5.26 Å². The Morgan fingerprint density at radius 2 is 1.00 bits per heavy atom. The lowest BCUT2D eigenvalue weighted by molar-refractivity contribution is 0.666. The van der Waals surface area contributed by atoms with Crippen molar-refractivity contribution in [3.05, 3.63) is 174 Å². The van der Waals surface area contributed by atoms with Gasteiger partial charge in [0.1, 0.15) is 0 Å². The zero-order valence-electron chi connectivity index (χ0n) is 28.3. The van der Waals surface area contributed by atoms with Crippen LogP contribution in [0.3, 0.4) is 0 Å². The van der Waals surface area contributed by atoms with E-state index in [1.165, 1.54) is 38.6 Å². The highest BCUT2D eigenvalue weighted by Gasteiger charge is 2.39. The lowest BCUT2D eigenvalue weighted by Gasteiger charge is -2.24. The summed E-state index contributed by atoms with van der Waals surface area (Å²) in [7, 11) is 0. The van der Waals surface area contributed by atoms with E-state index < -0.39 is 0 Å². The molecule has 7 aromatic carbocycles. The van der Waals surface area contributed by atoms with Crippen LogP contribution < -0.4 is 0 Å². The van der Waals surface area contributed by atoms with E-state index in [0.29, 0.717) is 23.0 Å². The molecule has 0 spiro atoms. The Balaban J connectivity index is 1.18. The van der Waals surface area contributed by atoms with E-state index >= 15 is 0 Å². The van der Waals surface area contributed by atoms with E-state index in [-0.39, 0.29) is 5.41 Å². The summed E-state index contributed by atoms with van der Waals surface area (Å²) in [6, 6.07) is 56.9. The number of rotatable bonds is 5. The zero-order chi connectivity index (χ0) is 34.5. The molecular formula is C47H32N4. The van der Waals surface area contributed by atoms with Crippen molar-refractivity contribution in [3.8, 4) is 73.6 Å². The molecule has 51 heavy (non-hydrogen) atoms. The first-order valence-corrected chi connectivity index (χ1v) is 17.2. The summed E-state index contributed by atoms with van der Waals surface area (Å²) in [6.07, 6.45) is 0. The largest absolute Gasteiger partial charge is 0.208 e. The summed E-state index contributed by atoms with van der Waals surface area (Å²) in [4.78, 5) is 14.8. The van der Waals surface area contributed by atoms with Gasteiger partial charge in [-0.3, -0.25) is 0 Å². The number of hydrogen-bond acceptors (Lipinski definition) is 4. The minimum absolute atomic E-state index is 0.263. The van der Waals surface area contributed by atoms with Crippen LogP contribution in [0.25, 0.3) is 78.3 Å². The molecule has 9 rings (SSSR count). The molecular weight excluding hydrogens is 621 g/mol. The Morgan fingerprint density at radius 3 is 1.65 bits per heavy atom. The highest BCUT2D eigenvalue weighted by molar-refractivity contribution is 6.05. The summed E-state index contributed by atoms with van der Waals surface area (Å²) in [5, 5.41) is 12.2. The van der Waals surface area contributed by atoms with Gasteiger partial charge in [0.15, 0.2) is 17.5 Å². The summed E-state index contributed by atoms with van der Waals surface area (Å²) in [5.74, 6) is 1.91. The number of nitrogens with zero attached hydrogens (tertiary/aromatic N) is 4. The third-order valence-corrected chi connectivity index (χ3v) is 10.1. The maximum Gasteiger partial charge on any atom is 0.164 e. The quantitative estimate of drug-likeness (QED) is 0.186. The number of aromatic nitrogens is 3. The van der Waals surface area contributed by atoms with E-state index in [1.807, 2.05) is 66.7 Å². The number of benzene rings is 7. The van der Waals surface area contributed by atoms with Crippen molar-refractivity contribution in [2.24, 2.45) is 0 Å². The average Bonchev–Trinajstić information content (AvgIpc) is 3.44. The standard InChI is InChI=1S/C47H32N4/c1-47(2)41-25-30(29-48)23-24-39(41)42-40(28-36-17-9-10-22-38(36)43(42)47)35-20-11-18-33(26-35)34-19-12-21-37(27-34)46-50-44(31-13-5-3-6-14-31)49-45(51-46)32-15-7-4-8-16-32/h3-28H,1-2H3. The van der Waals surface area contributed by atoms with E-state index in [2.05, 4.69) is 111 Å². The van der Waals surface area contributed by atoms with Gasteiger partial charge in [0.2, 0.25) is 0 Å². The Hall–Kier alpha value is -6.70. The van der Waals surface area contributed by atoms with Gasteiger partial charge in [-0.1, -0.05) is 141 Å². The molecule has 0 atom stereocenters. The highest BCUT2D eigenvalue weighted by Crippen LogP contribution is 2.55. The molecule has 8 aromatic rings. The molecule has 240 valence electrons. The molecule has 0 amide bonds. The van der Waals surface area contributed by atoms with Crippen LogP contribution in [0.4, 0.5) is 0 Å². The lowest BCUT2D eigenvalue weighted by Crippen LogP contribution is -2.15. The smallest absolute Gasteiger partial charge is 0.164 e. The summed E-state index contributed by atoms with van der Waals surface area (Å²) >= 11 is 0. The fourth-order valence-electron chi connectivity index (χ4n) is 7.63. The number of nitriles is 1. The van der Waals surface area contributed by atoms with Crippen molar-refractivity contribution >= 4 is 10.8 Å². The topological polar surface area (TPSA) is 62.5 Å². The van der Waals surface area contributed by atoms with Crippen molar-refractivity contribution in [1.29, 1.82) is 5.26 Å². The van der Waals surface area contributed by atoms with Gasteiger partial charge in [-0.15, -0.1) is 0 Å². The van der Waals surface area contributed by atoms with Gasteiger partial charge in [0, 0.05) is 22.1 Å². The Labute approximate surface area is 297 Å². The van der Waals surface area contributed by atoms with Gasteiger partial charge in [-0.05, 0) is 85.6 Å². The van der Waals surface area contributed by atoms with Crippen molar-refractivity contribution in [1.82, 2.24) is 15.0 Å². The maximum atomic E-state index is 9.76. The zero-order valence-corrected chi connectivity index (χ0v) is 28.3. The number of fused-ring (bicyclic) bond motifs is 5. The van der Waals surface area contributed by atoms with E-state index in [4.69, 9.17) is 15.0 Å². The minimum atomic E-state index is -0.263. The first kappa shape index (κ1) is 30.4. The fraction of sp³-hybridized carbons (Fsp3) is 0.0638. The molecule has 0 bridgehead atoms. The Kier molecular flexibility index (Phi) is 7.15. The van der Waals surface area contributed by atoms with Crippen LogP contribution in [-0.2, 0) is 5.41 Å². The monoisotopic (exact) mass is 652 g/mol. The molecule has 1 aromatic heterocycles. The lowest BCUT2D eigenvalue weighted by atomic mass is 9.79. The van der Waals surface area contributed by atoms with E-state index in [0.717, 1.165) is 33.4 Å². The molecule has 0 radical (unpaired) electrons.